The molecule has 0 aliphatic heterocycles. The number of rotatable bonds is 6. The molecule has 2 atom stereocenters. The molecule has 1 aromatic heterocycles. The molecule has 1 heterocycles. The van der Waals surface area contributed by atoms with Crippen molar-refractivity contribution in [2.45, 2.75) is 63.6 Å². The summed E-state index contributed by atoms with van der Waals surface area (Å²) in [4.78, 5) is 16.6. The molecule has 4 fully saturated rings. The monoisotopic (exact) mass is 380 g/mol. The summed E-state index contributed by atoms with van der Waals surface area (Å²) in [6.07, 6.45) is 10.0. The van der Waals surface area contributed by atoms with Crippen LogP contribution in [-0.4, -0.2) is 31.4 Å². The molecule has 2 N–H and O–H groups in total. The number of hydrogen-bond acceptors (Lipinski definition) is 4. The lowest BCUT2D eigenvalue weighted by atomic mass is 9.47. The van der Waals surface area contributed by atoms with Crippen LogP contribution in [0.4, 0.5) is 0 Å². The second kappa shape index (κ2) is 6.69. The van der Waals surface area contributed by atoms with E-state index in [9.17, 15) is 9.90 Å². The Bertz CT molecular complexity index is 832. The van der Waals surface area contributed by atoms with Crippen LogP contribution in [-0.2, 0) is 17.9 Å². The number of nitrogens with zero attached hydrogens (tertiary/aromatic N) is 3. The van der Waals surface area contributed by atoms with Gasteiger partial charge in [-0.3, -0.25) is 4.79 Å². The minimum atomic E-state index is -0.496. The average molecular weight is 380 g/mol. The van der Waals surface area contributed by atoms with Crippen LogP contribution in [0.3, 0.4) is 0 Å². The standard InChI is InChI=1S/C22H28N4O2/c27-20(10-21-6-18-5-19(7-21)9-22(28,8-18)13-21)24-11-16-1-3-17(4-2-16)12-26-15-23-14-25-26/h1-4,14-15,18-19,28H,5-13H2,(H,24,27). The van der Waals surface area contributed by atoms with Gasteiger partial charge >= 0.3 is 0 Å². The minimum Gasteiger partial charge on any atom is -0.390 e. The third-order valence-electron chi connectivity index (χ3n) is 7.01. The van der Waals surface area contributed by atoms with E-state index in [1.807, 2.05) is 0 Å². The molecule has 1 amide bonds. The summed E-state index contributed by atoms with van der Waals surface area (Å²) in [7, 11) is 0. The van der Waals surface area contributed by atoms with E-state index in [1.165, 1.54) is 12.7 Å². The molecule has 6 heteroatoms. The topological polar surface area (TPSA) is 80.0 Å². The summed E-state index contributed by atoms with van der Waals surface area (Å²) in [5.41, 5.74) is 1.79. The molecule has 28 heavy (non-hydrogen) atoms. The molecule has 0 radical (unpaired) electrons. The maximum absolute atomic E-state index is 12.7. The lowest BCUT2D eigenvalue weighted by molar-refractivity contribution is -0.169. The molecule has 1 aromatic carbocycles. The van der Waals surface area contributed by atoms with Crippen molar-refractivity contribution in [2.24, 2.45) is 17.3 Å². The Kier molecular flexibility index (Phi) is 4.27. The van der Waals surface area contributed by atoms with Crippen molar-refractivity contribution in [2.75, 3.05) is 0 Å². The molecule has 2 unspecified atom stereocenters. The largest absolute Gasteiger partial charge is 0.390 e. The highest BCUT2D eigenvalue weighted by atomic mass is 16.3. The second-order valence-electron chi connectivity index (χ2n) is 9.55. The average Bonchev–Trinajstić information content (AvgIpc) is 3.11. The van der Waals surface area contributed by atoms with Crippen LogP contribution in [0.25, 0.3) is 0 Å². The van der Waals surface area contributed by atoms with E-state index in [0.29, 0.717) is 31.3 Å². The van der Waals surface area contributed by atoms with Crippen LogP contribution in [0.1, 0.15) is 56.1 Å². The number of hydrogen-bond donors (Lipinski definition) is 2. The first kappa shape index (κ1) is 17.9. The predicted octanol–water partition coefficient (Wildman–Crippen LogP) is 2.66. The molecule has 4 aliphatic rings. The smallest absolute Gasteiger partial charge is 0.220 e. The van der Waals surface area contributed by atoms with Gasteiger partial charge in [0.05, 0.1) is 12.1 Å². The van der Waals surface area contributed by atoms with Gasteiger partial charge in [0.2, 0.25) is 5.91 Å². The number of aromatic nitrogens is 3. The molecule has 6 rings (SSSR count). The molecule has 148 valence electrons. The van der Waals surface area contributed by atoms with Crippen LogP contribution in [0.2, 0.25) is 0 Å². The molecular weight excluding hydrogens is 352 g/mol. The molecule has 0 saturated heterocycles. The fraction of sp³-hybridized carbons (Fsp3) is 0.591. The summed E-state index contributed by atoms with van der Waals surface area (Å²) in [5.74, 6) is 1.37. The van der Waals surface area contributed by atoms with Crippen molar-refractivity contribution >= 4 is 5.91 Å². The Morgan fingerprint density at radius 1 is 1.14 bits per heavy atom. The molecule has 2 aromatic rings. The van der Waals surface area contributed by atoms with Gasteiger partial charge in [0.1, 0.15) is 12.7 Å². The first-order valence-corrected chi connectivity index (χ1v) is 10.4. The van der Waals surface area contributed by atoms with Gasteiger partial charge in [-0.15, -0.1) is 0 Å². The van der Waals surface area contributed by atoms with Crippen molar-refractivity contribution in [1.82, 2.24) is 20.1 Å². The number of aliphatic hydroxyl groups is 1. The number of amides is 1. The molecule has 4 saturated carbocycles. The third-order valence-corrected chi connectivity index (χ3v) is 7.01. The number of nitrogens with one attached hydrogen (secondary N) is 1. The summed E-state index contributed by atoms with van der Waals surface area (Å²) in [5, 5.41) is 18.1. The Morgan fingerprint density at radius 2 is 1.86 bits per heavy atom. The van der Waals surface area contributed by atoms with Crippen molar-refractivity contribution in [3.63, 3.8) is 0 Å². The lowest BCUT2D eigenvalue weighted by Gasteiger charge is -2.60. The van der Waals surface area contributed by atoms with Gasteiger partial charge in [-0.05, 0) is 66.9 Å². The van der Waals surface area contributed by atoms with Crippen LogP contribution in [0.5, 0.6) is 0 Å². The molecule has 0 spiro atoms. The van der Waals surface area contributed by atoms with E-state index in [1.54, 1.807) is 11.0 Å². The van der Waals surface area contributed by atoms with E-state index in [2.05, 4.69) is 39.7 Å². The normalized spacial score (nSPS) is 33.2. The Balaban J connectivity index is 1.16. The van der Waals surface area contributed by atoms with Crippen LogP contribution in [0.15, 0.2) is 36.9 Å². The van der Waals surface area contributed by atoms with E-state index in [4.69, 9.17) is 0 Å². The van der Waals surface area contributed by atoms with Crippen molar-refractivity contribution in [1.29, 1.82) is 0 Å². The highest BCUT2D eigenvalue weighted by molar-refractivity contribution is 5.76. The zero-order valence-corrected chi connectivity index (χ0v) is 16.2. The summed E-state index contributed by atoms with van der Waals surface area (Å²) in [6, 6.07) is 8.25. The van der Waals surface area contributed by atoms with Crippen molar-refractivity contribution in [3.8, 4) is 0 Å². The van der Waals surface area contributed by atoms with Crippen LogP contribution >= 0.6 is 0 Å². The van der Waals surface area contributed by atoms with Gasteiger partial charge in [-0.25, -0.2) is 9.67 Å². The van der Waals surface area contributed by atoms with Gasteiger partial charge in [-0.1, -0.05) is 24.3 Å². The quantitative estimate of drug-likeness (QED) is 0.807. The highest BCUT2D eigenvalue weighted by Gasteiger charge is 2.57. The Morgan fingerprint density at radius 3 is 2.50 bits per heavy atom. The molecule has 6 nitrogen and oxygen atoms in total. The summed E-state index contributed by atoms with van der Waals surface area (Å²) >= 11 is 0. The second-order valence-corrected chi connectivity index (χ2v) is 9.55. The number of benzene rings is 1. The van der Waals surface area contributed by atoms with E-state index < -0.39 is 5.60 Å². The Hall–Kier alpha value is -2.21. The van der Waals surface area contributed by atoms with Crippen LogP contribution in [0, 0.1) is 17.3 Å². The summed E-state index contributed by atoms with van der Waals surface area (Å²) in [6.45, 7) is 1.25. The third kappa shape index (κ3) is 3.58. The zero-order chi connectivity index (χ0) is 19.2. The number of carbonyl (C=O) groups excluding carboxylic acids is 1. The fourth-order valence-electron chi connectivity index (χ4n) is 6.48. The van der Waals surface area contributed by atoms with Gasteiger partial charge in [0, 0.05) is 13.0 Å². The summed E-state index contributed by atoms with van der Waals surface area (Å²) < 4.78 is 1.79. The van der Waals surface area contributed by atoms with Gasteiger partial charge in [0.15, 0.2) is 0 Å². The van der Waals surface area contributed by atoms with E-state index in [-0.39, 0.29) is 11.3 Å². The minimum absolute atomic E-state index is 0.0323. The van der Waals surface area contributed by atoms with Crippen LogP contribution < -0.4 is 5.32 Å². The predicted molar refractivity (Wildman–Crippen MR) is 104 cm³/mol. The molecular formula is C22H28N4O2. The first-order valence-electron chi connectivity index (χ1n) is 10.4. The number of carbonyl (C=O) groups is 1. The highest BCUT2D eigenvalue weighted by Crippen LogP contribution is 2.62. The fourth-order valence-corrected chi connectivity index (χ4v) is 6.48. The first-order chi connectivity index (χ1) is 13.5. The van der Waals surface area contributed by atoms with E-state index in [0.717, 1.165) is 43.2 Å². The van der Waals surface area contributed by atoms with Gasteiger partial charge in [-0.2, -0.15) is 5.10 Å². The molecule has 4 aliphatic carbocycles. The SMILES string of the molecule is O=C(CC12CC3CC(CC(O)(C3)C1)C2)NCc1ccc(Cn2cncn2)cc1. The van der Waals surface area contributed by atoms with Gasteiger partial charge < -0.3 is 10.4 Å². The Labute approximate surface area is 165 Å². The zero-order valence-electron chi connectivity index (χ0n) is 16.2. The van der Waals surface area contributed by atoms with Crippen molar-refractivity contribution in [3.05, 3.63) is 48.0 Å². The maximum Gasteiger partial charge on any atom is 0.220 e. The lowest BCUT2D eigenvalue weighted by Crippen LogP contribution is -2.56. The van der Waals surface area contributed by atoms with Gasteiger partial charge in [0.25, 0.3) is 0 Å². The maximum atomic E-state index is 12.7. The van der Waals surface area contributed by atoms with Crippen molar-refractivity contribution < 1.29 is 9.90 Å². The van der Waals surface area contributed by atoms with E-state index >= 15 is 0 Å². The molecule has 4 bridgehead atoms.